The Morgan fingerprint density at radius 1 is 1.44 bits per heavy atom. The lowest BCUT2D eigenvalue weighted by molar-refractivity contribution is -0.127. The summed E-state index contributed by atoms with van der Waals surface area (Å²) in [6, 6.07) is 3.36. The van der Waals surface area contributed by atoms with Gasteiger partial charge in [0.1, 0.15) is 11.6 Å². The second kappa shape index (κ2) is 5.84. The fourth-order valence-corrected chi connectivity index (χ4v) is 1.69. The maximum Gasteiger partial charge on any atom is 0.232 e. The Morgan fingerprint density at radius 3 is 2.69 bits per heavy atom. The van der Waals surface area contributed by atoms with Gasteiger partial charge >= 0.3 is 0 Å². The highest BCUT2D eigenvalue weighted by atomic mass is 32.2. The molecule has 16 heavy (non-hydrogen) atoms. The molecule has 0 atom stereocenters. The molecule has 0 aliphatic heterocycles. The molecular weight excluding hydrogens is 232 g/mol. The first-order chi connectivity index (χ1) is 7.54. The van der Waals surface area contributed by atoms with Gasteiger partial charge in [0.05, 0.1) is 5.75 Å². The number of nitrogens with zero attached hydrogens (tertiary/aromatic N) is 1. The van der Waals surface area contributed by atoms with Crippen molar-refractivity contribution in [2.75, 3.05) is 19.1 Å². The maximum absolute atomic E-state index is 13.3. The van der Waals surface area contributed by atoms with Gasteiger partial charge < -0.3 is 4.90 Å². The van der Waals surface area contributed by atoms with Crippen LogP contribution in [0.15, 0.2) is 18.2 Å². The van der Waals surface area contributed by atoms with Crippen LogP contribution < -0.4 is 0 Å². The molecule has 2 nitrogen and oxygen atoms in total. The van der Waals surface area contributed by atoms with Crippen LogP contribution in [0.5, 0.6) is 0 Å². The van der Waals surface area contributed by atoms with Gasteiger partial charge in [-0.2, -0.15) is 11.8 Å². The lowest BCUT2D eigenvalue weighted by Gasteiger charge is -2.17. The van der Waals surface area contributed by atoms with Crippen LogP contribution >= 0.6 is 11.8 Å². The van der Waals surface area contributed by atoms with E-state index >= 15 is 0 Å². The van der Waals surface area contributed by atoms with Crippen molar-refractivity contribution in [2.24, 2.45) is 0 Å². The molecule has 0 aromatic heterocycles. The molecule has 0 saturated carbocycles. The monoisotopic (exact) mass is 245 g/mol. The Kier molecular flexibility index (Phi) is 4.73. The van der Waals surface area contributed by atoms with Crippen LogP contribution in [-0.4, -0.2) is 29.9 Å². The van der Waals surface area contributed by atoms with Gasteiger partial charge in [0, 0.05) is 25.2 Å². The number of amides is 1. The summed E-state index contributed by atoms with van der Waals surface area (Å²) in [6.07, 6.45) is 1.82. The minimum Gasteiger partial charge on any atom is -0.341 e. The summed E-state index contributed by atoms with van der Waals surface area (Å²) in [5, 5.41) is 0. The Labute approximate surface area is 97.6 Å². The number of carbonyl (C=O) groups is 1. The van der Waals surface area contributed by atoms with Crippen LogP contribution in [0.25, 0.3) is 0 Å². The smallest absolute Gasteiger partial charge is 0.232 e. The molecule has 0 aliphatic rings. The van der Waals surface area contributed by atoms with Gasteiger partial charge in [0.2, 0.25) is 5.91 Å². The molecule has 0 bridgehead atoms. The van der Waals surface area contributed by atoms with Crippen molar-refractivity contribution in [3.63, 3.8) is 0 Å². The van der Waals surface area contributed by atoms with Gasteiger partial charge in [0.25, 0.3) is 0 Å². The van der Waals surface area contributed by atoms with Crippen molar-refractivity contribution in [3.05, 3.63) is 35.4 Å². The van der Waals surface area contributed by atoms with Gasteiger partial charge in [-0.15, -0.1) is 0 Å². The highest BCUT2D eigenvalue weighted by molar-refractivity contribution is 7.99. The number of rotatable bonds is 4. The number of hydrogen-bond acceptors (Lipinski definition) is 2. The summed E-state index contributed by atoms with van der Waals surface area (Å²) in [7, 11) is 1.60. The quantitative estimate of drug-likeness (QED) is 0.811. The van der Waals surface area contributed by atoms with Gasteiger partial charge in [0.15, 0.2) is 0 Å². The van der Waals surface area contributed by atoms with Gasteiger partial charge in [-0.05, 0) is 12.3 Å². The van der Waals surface area contributed by atoms with E-state index in [9.17, 15) is 13.6 Å². The predicted molar refractivity (Wildman–Crippen MR) is 61.2 cm³/mol. The number of hydrogen-bond donors (Lipinski definition) is 0. The van der Waals surface area contributed by atoms with Crippen LogP contribution in [0.3, 0.4) is 0 Å². The van der Waals surface area contributed by atoms with Crippen LogP contribution in [-0.2, 0) is 11.3 Å². The summed E-state index contributed by atoms with van der Waals surface area (Å²) in [5.74, 6) is -0.946. The first-order valence-corrected chi connectivity index (χ1v) is 6.11. The molecule has 0 N–H and O–H groups in total. The molecule has 0 spiro atoms. The first kappa shape index (κ1) is 13.0. The largest absolute Gasteiger partial charge is 0.341 e. The van der Waals surface area contributed by atoms with E-state index in [2.05, 4.69) is 0 Å². The van der Waals surface area contributed by atoms with Gasteiger partial charge in [-0.3, -0.25) is 4.79 Å². The number of benzene rings is 1. The average Bonchev–Trinajstić information content (AvgIpc) is 2.22. The zero-order valence-electron chi connectivity index (χ0n) is 9.17. The number of carbonyl (C=O) groups excluding carboxylic acids is 1. The lowest BCUT2D eigenvalue weighted by Crippen LogP contribution is -2.28. The predicted octanol–water partition coefficient (Wildman–Crippen LogP) is 2.29. The summed E-state index contributed by atoms with van der Waals surface area (Å²) >= 11 is 1.41. The third-order valence-electron chi connectivity index (χ3n) is 2.12. The minimum atomic E-state index is -0.621. The van der Waals surface area contributed by atoms with Gasteiger partial charge in [-0.25, -0.2) is 8.78 Å². The van der Waals surface area contributed by atoms with E-state index in [4.69, 9.17) is 0 Å². The van der Waals surface area contributed by atoms with Crippen molar-refractivity contribution in [1.82, 2.24) is 4.90 Å². The lowest BCUT2D eigenvalue weighted by atomic mass is 10.2. The van der Waals surface area contributed by atoms with E-state index < -0.39 is 11.6 Å². The van der Waals surface area contributed by atoms with Crippen LogP contribution in [0.4, 0.5) is 8.78 Å². The highest BCUT2D eigenvalue weighted by Crippen LogP contribution is 2.12. The molecule has 1 rings (SSSR count). The van der Waals surface area contributed by atoms with Crippen molar-refractivity contribution in [2.45, 2.75) is 6.54 Å². The Bertz CT molecular complexity index is 384. The van der Waals surface area contributed by atoms with E-state index in [0.717, 1.165) is 6.07 Å². The van der Waals surface area contributed by atoms with E-state index in [0.29, 0.717) is 11.3 Å². The zero-order chi connectivity index (χ0) is 12.1. The normalized spacial score (nSPS) is 10.2. The molecule has 0 saturated heterocycles. The molecule has 5 heteroatoms. The maximum atomic E-state index is 13.3. The van der Waals surface area contributed by atoms with Crippen LogP contribution in [0.2, 0.25) is 0 Å². The highest BCUT2D eigenvalue weighted by Gasteiger charge is 2.11. The zero-order valence-corrected chi connectivity index (χ0v) is 9.98. The molecular formula is C11H13F2NOS. The van der Waals surface area contributed by atoms with E-state index in [-0.39, 0.29) is 12.5 Å². The number of thioether (sulfide) groups is 1. The van der Waals surface area contributed by atoms with Crippen molar-refractivity contribution < 1.29 is 13.6 Å². The Balaban J connectivity index is 2.69. The van der Waals surface area contributed by atoms with Crippen LogP contribution in [0, 0.1) is 11.6 Å². The second-order valence-corrected chi connectivity index (χ2v) is 4.28. The van der Waals surface area contributed by atoms with E-state index in [1.807, 2.05) is 6.26 Å². The Hall–Kier alpha value is -1.10. The summed E-state index contributed by atoms with van der Waals surface area (Å²) in [4.78, 5) is 12.9. The molecule has 88 valence electrons. The van der Waals surface area contributed by atoms with E-state index in [1.54, 1.807) is 7.05 Å². The molecule has 0 fully saturated rings. The fourth-order valence-electron chi connectivity index (χ4n) is 1.23. The number of halogens is 2. The van der Waals surface area contributed by atoms with Crippen molar-refractivity contribution >= 4 is 17.7 Å². The fraction of sp³-hybridized carbons (Fsp3) is 0.364. The van der Waals surface area contributed by atoms with Gasteiger partial charge in [-0.1, -0.05) is 6.07 Å². The third kappa shape index (κ3) is 3.48. The third-order valence-corrected chi connectivity index (χ3v) is 2.65. The molecule has 0 unspecified atom stereocenters. The molecule has 1 aromatic rings. The molecule has 0 aliphatic carbocycles. The molecule has 0 heterocycles. The minimum absolute atomic E-state index is 0.0729. The molecule has 1 amide bonds. The standard InChI is InChI=1S/C11H13F2NOS/c1-14(11(15)7-16-2)6-8-3-4-9(12)5-10(8)13/h3-5H,6-7H2,1-2H3. The average molecular weight is 245 g/mol. The SMILES string of the molecule is CSCC(=O)N(C)Cc1ccc(F)cc1F. The molecule has 0 radical (unpaired) electrons. The first-order valence-electron chi connectivity index (χ1n) is 4.71. The Morgan fingerprint density at radius 2 is 2.12 bits per heavy atom. The molecule has 1 aromatic carbocycles. The van der Waals surface area contributed by atoms with E-state index in [1.165, 1.54) is 28.8 Å². The second-order valence-electron chi connectivity index (χ2n) is 3.42. The van der Waals surface area contributed by atoms with Crippen LogP contribution in [0.1, 0.15) is 5.56 Å². The van der Waals surface area contributed by atoms with Crippen molar-refractivity contribution in [1.29, 1.82) is 0 Å². The summed E-state index contributed by atoms with van der Waals surface area (Å²) in [5.41, 5.74) is 0.318. The summed E-state index contributed by atoms with van der Waals surface area (Å²) < 4.78 is 25.9. The topological polar surface area (TPSA) is 20.3 Å². The van der Waals surface area contributed by atoms with Crippen molar-refractivity contribution in [3.8, 4) is 0 Å². The summed E-state index contributed by atoms with van der Waals surface area (Å²) in [6.45, 7) is 0.158.